The molecule has 1 aromatic heterocycles. The van der Waals surface area contributed by atoms with Crippen molar-refractivity contribution in [2.45, 2.75) is 13.5 Å². The zero-order valence-corrected chi connectivity index (χ0v) is 12.6. The molecule has 1 N–H and O–H groups in total. The molecular weight excluding hydrogens is 312 g/mol. The number of hydrogen-bond acceptors (Lipinski definition) is 4. The molecule has 0 atom stereocenters. The number of ether oxygens (including phenoxy) is 1. The highest BCUT2D eigenvalue weighted by Crippen LogP contribution is 2.15. The average Bonchev–Trinajstić information content (AvgIpc) is 2.81. The van der Waals surface area contributed by atoms with Crippen molar-refractivity contribution in [3.05, 3.63) is 16.4 Å². The zero-order valence-electron chi connectivity index (χ0n) is 11.1. The highest BCUT2D eigenvalue weighted by atomic mass is 79.9. The Hall–Kier alpha value is -0.920. The van der Waals surface area contributed by atoms with E-state index >= 15 is 0 Å². The summed E-state index contributed by atoms with van der Waals surface area (Å²) in [4.78, 5) is 14.4. The predicted molar refractivity (Wildman–Crippen MR) is 75.2 cm³/mol. The molecule has 19 heavy (non-hydrogen) atoms. The van der Waals surface area contributed by atoms with E-state index in [1.807, 2.05) is 6.92 Å². The van der Waals surface area contributed by atoms with E-state index in [0.29, 0.717) is 18.8 Å². The highest BCUT2D eigenvalue weighted by Gasteiger charge is 2.16. The maximum atomic E-state index is 12.1. The second-order valence-corrected chi connectivity index (χ2v) is 5.22. The van der Waals surface area contributed by atoms with Crippen molar-refractivity contribution >= 4 is 21.8 Å². The zero-order chi connectivity index (χ0) is 13.7. The van der Waals surface area contributed by atoms with Gasteiger partial charge in [0.05, 0.1) is 23.9 Å². The molecule has 0 bridgehead atoms. The summed E-state index contributed by atoms with van der Waals surface area (Å²) in [6, 6.07) is 0. The Morgan fingerprint density at radius 2 is 2.26 bits per heavy atom. The molecule has 1 aliphatic rings. The van der Waals surface area contributed by atoms with E-state index in [1.54, 1.807) is 10.9 Å². The first-order valence-corrected chi connectivity index (χ1v) is 7.31. The third-order valence-electron chi connectivity index (χ3n) is 3.13. The molecule has 2 rings (SSSR count). The quantitative estimate of drug-likeness (QED) is 0.864. The van der Waals surface area contributed by atoms with Crippen LogP contribution in [0.25, 0.3) is 0 Å². The number of nitrogens with one attached hydrogen (secondary N) is 1. The molecule has 1 saturated heterocycles. The second kappa shape index (κ2) is 7.02. The Balaban J connectivity index is 1.82. The SMILES string of the molecule is CCn1ncc(Br)c1C(=O)NCCN1CCOCC1. The van der Waals surface area contributed by atoms with Gasteiger partial charge < -0.3 is 10.1 Å². The maximum Gasteiger partial charge on any atom is 0.270 e. The van der Waals surface area contributed by atoms with Gasteiger partial charge in [0.15, 0.2) is 0 Å². The van der Waals surface area contributed by atoms with Crippen molar-refractivity contribution < 1.29 is 9.53 Å². The number of carbonyl (C=O) groups is 1. The topological polar surface area (TPSA) is 59.4 Å². The largest absolute Gasteiger partial charge is 0.379 e. The van der Waals surface area contributed by atoms with E-state index in [9.17, 15) is 4.79 Å². The van der Waals surface area contributed by atoms with E-state index < -0.39 is 0 Å². The molecule has 2 heterocycles. The van der Waals surface area contributed by atoms with Crippen LogP contribution in [0.15, 0.2) is 10.7 Å². The van der Waals surface area contributed by atoms with E-state index in [4.69, 9.17) is 4.74 Å². The van der Waals surface area contributed by atoms with Crippen LogP contribution in [0.4, 0.5) is 0 Å². The molecule has 7 heteroatoms. The van der Waals surface area contributed by atoms with Crippen LogP contribution in [0.1, 0.15) is 17.4 Å². The number of aromatic nitrogens is 2. The van der Waals surface area contributed by atoms with Crippen LogP contribution in [0.3, 0.4) is 0 Å². The Morgan fingerprint density at radius 1 is 1.53 bits per heavy atom. The molecular formula is C12H19BrN4O2. The van der Waals surface area contributed by atoms with Gasteiger partial charge in [0.1, 0.15) is 5.69 Å². The molecule has 0 saturated carbocycles. The molecule has 6 nitrogen and oxygen atoms in total. The summed E-state index contributed by atoms with van der Waals surface area (Å²) >= 11 is 3.36. The smallest absolute Gasteiger partial charge is 0.270 e. The third-order valence-corrected chi connectivity index (χ3v) is 3.71. The molecule has 0 unspecified atom stereocenters. The minimum Gasteiger partial charge on any atom is -0.379 e. The van der Waals surface area contributed by atoms with Gasteiger partial charge in [-0.1, -0.05) is 0 Å². The molecule has 1 amide bonds. The fourth-order valence-electron chi connectivity index (χ4n) is 2.06. The lowest BCUT2D eigenvalue weighted by atomic mass is 10.3. The first-order chi connectivity index (χ1) is 9.22. The number of rotatable bonds is 5. The van der Waals surface area contributed by atoms with Gasteiger partial charge in [-0.05, 0) is 22.9 Å². The van der Waals surface area contributed by atoms with Crippen LogP contribution in [-0.2, 0) is 11.3 Å². The van der Waals surface area contributed by atoms with Crippen LogP contribution < -0.4 is 5.32 Å². The summed E-state index contributed by atoms with van der Waals surface area (Å²) in [7, 11) is 0. The summed E-state index contributed by atoms with van der Waals surface area (Å²) in [5.74, 6) is -0.0838. The van der Waals surface area contributed by atoms with E-state index in [2.05, 4.69) is 31.2 Å². The number of carbonyl (C=O) groups excluding carboxylic acids is 1. The Kier molecular flexibility index (Phi) is 5.35. The van der Waals surface area contributed by atoms with Crippen LogP contribution in [0.5, 0.6) is 0 Å². The molecule has 1 aliphatic heterocycles. The van der Waals surface area contributed by atoms with Gasteiger partial charge in [0, 0.05) is 32.7 Å². The lowest BCUT2D eigenvalue weighted by Crippen LogP contribution is -2.41. The van der Waals surface area contributed by atoms with E-state index in [-0.39, 0.29) is 5.91 Å². The van der Waals surface area contributed by atoms with Gasteiger partial charge in [0.2, 0.25) is 0 Å². The number of amides is 1. The Bertz CT molecular complexity index is 429. The fraction of sp³-hybridized carbons (Fsp3) is 0.667. The molecule has 0 radical (unpaired) electrons. The molecule has 0 spiro atoms. The highest BCUT2D eigenvalue weighted by molar-refractivity contribution is 9.10. The standard InChI is InChI=1S/C12H19BrN4O2/c1-2-17-11(10(13)9-15-17)12(18)14-3-4-16-5-7-19-8-6-16/h9H,2-8H2,1H3,(H,14,18). The first-order valence-electron chi connectivity index (χ1n) is 6.52. The van der Waals surface area contributed by atoms with Crippen molar-refractivity contribution in [1.82, 2.24) is 20.0 Å². The van der Waals surface area contributed by atoms with Gasteiger partial charge in [-0.15, -0.1) is 0 Å². The van der Waals surface area contributed by atoms with Gasteiger partial charge in [-0.25, -0.2) is 0 Å². The number of nitrogens with zero attached hydrogens (tertiary/aromatic N) is 3. The third kappa shape index (κ3) is 3.77. The molecule has 1 aromatic rings. The molecule has 0 aliphatic carbocycles. The first kappa shape index (κ1) is 14.5. The van der Waals surface area contributed by atoms with Crippen LogP contribution in [-0.4, -0.2) is 60.0 Å². The van der Waals surface area contributed by atoms with Gasteiger partial charge in [-0.3, -0.25) is 14.4 Å². The molecule has 1 fully saturated rings. The van der Waals surface area contributed by atoms with Crippen molar-refractivity contribution in [2.24, 2.45) is 0 Å². The van der Waals surface area contributed by atoms with Gasteiger partial charge >= 0.3 is 0 Å². The normalized spacial score (nSPS) is 16.5. The lowest BCUT2D eigenvalue weighted by Gasteiger charge is -2.26. The number of morpholine rings is 1. The number of halogens is 1. The van der Waals surface area contributed by atoms with E-state index in [0.717, 1.165) is 37.3 Å². The van der Waals surface area contributed by atoms with Crippen molar-refractivity contribution in [2.75, 3.05) is 39.4 Å². The summed E-state index contributed by atoms with van der Waals surface area (Å²) in [6.45, 7) is 7.57. The van der Waals surface area contributed by atoms with Crippen LogP contribution >= 0.6 is 15.9 Å². The Morgan fingerprint density at radius 3 is 2.95 bits per heavy atom. The Labute approximate surface area is 121 Å². The van der Waals surface area contributed by atoms with Crippen molar-refractivity contribution in [3.63, 3.8) is 0 Å². The average molecular weight is 331 g/mol. The maximum absolute atomic E-state index is 12.1. The molecule has 0 aromatic carbocycles. The minimum absolute atomic E-state index is 0.0838. The lowest BCUT2D eigenvalue weighted by molar-refractivity contribution is 0.0383. The summed E-state index contributed by atoms with van der Waals surface area (Å²) < 4.78 is 7.71. The van der Waals surface area contributed by atoms with Crippen LogP contribution in [0.2, 0.25) is 0 Å². The summed E-state index contributed by atoms with van der Waals surface area (Å²) in [5, 5.41) is 7.07. The van der Waals surface area contributed by atoms with Gasteiger partial charge in [0.25, 0.3) is 5.91 Å². The second-order valence-electron chi connectivity index (χ2n) is 4.37. The minimum atomic E-state index is -0.0838. The number of hydrogen-bond donors (Lipinski definition) is 1. The molecule has 106 valence electrons. The summed E-state index contributed by atoms with van der Waals surface area (Å²) in [6.07, 6.45) is 1.65. The fourth-order valence-corrected chi connectivity index (χ4v) is 2.54. The number of aryl methyl sites for hydroxylation is 1. The van der Waals surface area contributed by atoms with Gasteiger partial charge in [-0.2, -0.15) is 5.10 Å². The van der Waals surface area contributed by atoms with E-state index in [1.165, 1.54) is 0 Å². The van der Waals surface area contributed by atoms with Crippen molar-refractivity contribution in [1.29, 1.82) is 0 Å². The van der Waals surface area contributed by atoms with Crippen molar-refractivity contribution in [3.8, 4) is 0 Å². The van der Waals surface area contributed by atoms with Crippen LogP contribution in [0, 0.1) is 0 Å². The predicted octanol–water partition coefficient (Wildman–Crippen LogP) is 0.728. The summed E-state index contributed by atoms with van der Waals surface area (Å²) in [5.41, 5.74) is 0.587. The monoisotopic (exact) mass is 330 g/mol.